The van der Waals surface area contributed by atoms with Gasteiger partial charge in [-0.15, -0.1) is 0 Å². The molecule has 0 aliphatic carbocycles. The fourth-order valence-corrected chi connectivity index (χ4v) is 2.56. The van der Waals surface area contributed by atoms with Crippen molar-refractivity contribution in [2.75, 3.05) is 20.3 Å². The minimum absolute atomic E-state index is 0.0391. The molecule has 0 aromatic heterocycles. The van der Waals surface area contributed by atoms with E-state index >= 15 is 0 Å². The van der Waals surface area contributed by atoms with Gasteiger partial charge in [-0.25, -0.2) is 0 Å². The molecule has 1 aromatic carbocycles. The molecule has 1 heterocycles. The maximum absolute atomic E-state index is 13.0. The summed E-state index contributed by atoms with van der Waals surface area (Å²) in [4.78, 5) is 24.7. The van der Waals surface area contributed by atoms with E-state index in [1.54, 1.807) is 0 Å². The first-order valence-corrected chi connectivity index (χ1v) is 7.02. The summed E-state index contributed by atoms with van der Waals surface area (Å²) < 4.78 is 43.6. The zero-order valence-electron chi connectivity index (χ0n) is 12.5. The molecule has 2 amide bonds. The standard InChI is InChI=1S/C15H17F3N2O3/c1-23-9-13(21)19-11-6-14(22)20(8-11)7-10-4-2-3-5-12(10)15(16,17)18/h2-5,11H,6-9H2,1H3,(H,19,21). The fraction of sp³-hybridized carbons (Fsp3) is 0.467. The smallest absolute Gasteiger partial charge is 0.375 e. The number of nitrogens with one attached hydrogen (secondary N) is 1. The van der Waals surface area contributed by atoms with Gasteiger partial charge in [0.15, 0.2) is 0 Å². The molecule has 0 spiro atoms. The largest absolute Gasteiger partial charge is 0.416 e. The first-order valence-electron chi connectivity index (χ1n) is 7.02. The Hall–Kier alpha value is -2.09. The lowest BCUT2D eigenvalue weighted by molar-refractivity contribution is -0.139. The van der Waals surface area contributed by atoms with Crippen LogP contribution in [0.3, 0.4) is 0 Å². The summed E-state index contributed by atoms with van der Waals surface area (Å²) in [7, 11) is 1.37. The molecule has 1 fully saturated rings. The zero-order chi connectivity index (χ0) is 17.0. The number of benzene rings is 1. The molecule has 0 bridgehead atoms. The number of ether oxygens (including phenoxy) is 1. The summed E-state index contributed by atoms with van der Waals surface area (Å²) in [5, 5.41) is 2.62. The quantitative estimate of drug-likeness (QED) is 0.891. The van der Waals surface area contributed by atoms with E-state index in [2.05, 4.69) is 10.1 Å². The predicted octanol–water partition coefficient (Wildman–Crippen LogP) is 1.57. The van der Waals surface area contributed by atoms with Crippen molar-refractivity contribution < 1.29 is 27.5 Å². The highest BCUT2D eigenvalue weighted by Crippen LogP contribution is 2.32. The van der Waals surface area contributed by atoms with Crippen LogP contribution in [0.15, 0.2) is 24.3 Å². The molecule has 1 saturated heterocycles. The van der Waals surface area contributed by atoms with Crippen LogP contribution in [0.2, 0.25) is 0 Å². The maximum atomic E-state index is 13.0. The Balaban J connectivity index is 2.04. The van der Waals surface area contributed by atoms with E-state index < -0.39 is 17.8 Å². The van der Waals surface area contributed by atoms with Gasteiger partial charge >= 0.3 is 6.18 Å². The third kappa shape index (κ3) is 4.44. The van der Waals surface area contributed by atoms with E-state index in [4.69, 9.17) is 0 Å². The Morgan fingerprint density at radius 1 is 1.39 bits per heavy atom. The molecule has 0 radical (unpaired) electrons. The van der Waals surface area contributed by atoms with Gasteiger partial charge in [0, 0.05) is 26.6 Å². The van der Waals surface area contributed by atoms with E-state index in [9.17, 15) is 22.8 Å². The van der Waals surface area contributed by atoms with Crippen LogP contribution in [-0.4, -0.2) is 43.0 Å². The molecule has 5 nitrogen and oxygen atoms in total. The number of amides is 2. The van der Waals surface area contributed by atoms with Crippen LogP contribution in [0.4, 0.5) is 13.2 Å². The van der Waals surface area contributed by atoms with Gasteiger partial charge in [-0.1, -0.05) is 18.2 Å². The second-order valence-electron chi connectivity index (χ2n) is 5.33. The molecule has 8 heteroatoms. The molecule has 1 aromatic rings. The normalized spacial score (nSPS) is 18.3. The van der Waals surface area contributed by atoms with Gasteiger partial charge in [-0.3, -0.25) is 9.59 Å². The highest BCUT2D eigenvalue weighted by atomic mass is 19.4. The summed E-state index contributed by atoms with van der Waals surface area (Å²) in [6, 6.07) is 4.75. The van der Waals surface area contributed by atoms with E-state index in [0.717, 1.165) is 6.07 Å². The van der Waals surface area contributed by atoms with Crippen LogP contribution in [-0.2, 0) is 27.0 Å². The van der Waals surface area contributed by atoms with Crippen molar-refractivity contribution in [2.24, 2.45) is 0 Å². The first kappa shape index (κ1) is 17.3. The van der Waals surface area contributed by atoms with E-state index in [1.807, 2.05) is 0 Å². The number of carbonyl (C=O) groups excluding carboxylic acids is 2. The second-order valence-corrected chi connectivity index (χ2v) is 5.33. The average molecular weight is 330 g/mol. The summed E-state index contributed by atoms with van der Waals surface area (Å²) in [5.74, 6) is -0.646. The van der Waals surface area contributed by atoms with Crippen molar-refractivity contribution >= 4 is 11.8 Å². The number of likely N-dealkylation sites (tertiary alicyclic amines) is 1. The molecule has 1 unspecified atom stereocenters. The van der Waals surface area contributed by atoms with Crippen LogP contribution in [0.25, 0.3) is 0 Å². The second kappa shape index (κ2) is 6.99. The summed E-state index contributed by atoms with van der Waals surface area (Å²) >= 11 is 0. The highest BCUT2D eigenvalue weighted by molar-refractivity contribution is 5.82. The summed E-state index contributed by atoms with van der Waals surface area (Å²) in [5.41, 5.74) is -0.711. The van der Waals surface area contributed by atoms with Gasteiger partial charge in [-0.05, 0) is 11.6 Å². The number of methoxy groups -OCH3 is 1. The van der Waals surface area contributed by atoms with Crippen molar-refractivity contribution in [3.63, 3.8) is 0 Å². The van der Waals surface area contributed by atoms with E-state index in [0.29, 0.717) is 0 Å². The predicted molar refractivity (Wildman–Crippen MR) is 75.3 cm³/mol. The lowest BCUT2D eigenvalue weighted by Gasteiger charge is -2.20. The van der Waals surface area contributed by atoms with Gasteiger partial charge in [-0.2, -0.15) is 13.2 Å². The number of carbonyl (C=O) groups is 2. The molecule has 126 valence electrons. The van der Waals surface area contributed by atoms with E-state index in [-0.39, 0.29) is 43.5 Å². The zero-order valence-corrected chi connectivity index (χ0v) is 12.5. The van der Waals surface area contributed by atoms with Crippen molar-refractivity contribution in [3.05, 3.63) is 35.4 Å². The molecule has 1 N–H and O–H groups in total. The van der Waals surface area contributed by atoms with Crippen LogP contribution in [0.5, 0.6) is 0 Å². The van der Waals surface area contributed by atoms with E-state index in [1.165, 1.54) is 30.2 Å². The molecule has 0 saturated carbocycles. The van der Waals surface area contributed by atoms with Crippen LogP contribution < -0.4 is 5.32 Å². The van der Waals surface area contributed by atoms with Gasteiger partial charge in [0.1, 0.15) is 6.61 Å². The van der Waals surface area contributed by atoms with Crippen LogP contribution in [0, 0.1) is 0 Å². The summed E-state index contributed by atoms with van der Waals surface area (Å²) in [6.07, 6.45) is -4.39. The Morgan fingerprint density at radius 2 is 2.09 bits per heavy atom. The molecular weight excluding hydrogens is 313 g/mol. The van der Waals surface area contributed by atoms with Gasteiger partial charge in [0.05, 0.1) is 11.6 Å². The van der Waals surface area contributed by atoms with Crippen molar-refractivity contribution in [1.82, 2.24) is 10.2 Å². The Bertz CT molecular complexity index is 590. The van der Waals surface area contributed by atoms with Gasteiger partial charge in [0.2, 0.25) is 11.8 Å². The van der Waals surface area contributed by atoms with Gasteiger partial charge in [0.25, 0.3) is 0 Å². The lowest BCUT2D eigenvalue weighted by Crippen LogP contribution is -2.38. The SMILES string of the molecule is COCC(=O)NC1CC(=O)N(Cc2ccccc2C(F)(F)F)C1. The fourth-order valence-electron chi connectivity index (χ4n) is 2.56. The van der Waals surface area contributed by atoms with Crippen LogP contribution >= 0.6 is 0 Å². The number of hydrogen-bond donors (Lipinski definition) is 1. The van der Waals surface area contributed by atoms with Crippen molar-refractivity contribution in [2.45, 2.75) is 25.2 Å². The first-order chi connectivity index (χ1) is 10.8. The van der Waals surface area contributed by atoms with Crippen molar-refractivity contribution in [1.29, 1.82) is 0 Å². The third-order valence-electron chi connectivity index (χ3n) is 3.54. The average Bonchev–Trinajstić information content (AvgIpc) is 2.78. The molecule has 23 heavy (non-hydrogen) atoms. The maximum Gasteiger partial charge on any atom is 0.416 e. The topological polar surface area (TPSA) is 58.6 Å². The highest BCUT2D eigenvalue weighted by Gasteiger charge is 2.35. The number of alkyl halides is 3. The lowest BCUT2D eigenvalue weighted by atomic mass is 10.1. The minimum Gasteiger partial charge on any atom is -0.375 e. The number of nitrogens with zero attached hydrogens (tertiary/aromatic N) is 1. The number of rotatable bonds is 5. The number of hydrogen-bond acceptors (Lipinski definition) is 3. The minimum atomic E-state index is -4.47. The molecule has 1 aliphatic heterocycles. The number of halogens is 3. The third-order valence-corrected chi connectivity index (χ3v) is 3.54. The Labute approximate surface area is 131 Å². The summed E-state index contributed by atoms with van der Waals surface area (Å²) in [6.45, 7) is -0.0761. The Morgan fingerprint density at radius 3 is 2.74 bits per heavy atom. The van der Waals surface area contributed by atoms with Gasteiger partial charge < -0.3 is 15.0 Å². The molecule has 1 atom stereocenters. The molecular formula is C15H17F3N2O3. The van der Waals surface area contributed by atoms with Crippen molar-refractivity contribution in [3.8, 4) is 0 Å². The molecule has 1 aliphatic rings. The van der Waals surface area contributed by atoms with Crippen LogP contribution in [0.1, 0.15) is 17.5 Å². The Kier molecular flexibility index (Phi) is 5.25. The monoisotopic (exact) mass is 330 g/mol. The molecule has 2 rings (SSSR count).